The summed E-state index contributed by atoms with van der Waals surface area (Å²) in [6, 6.07) is 9.69. The molecular weight excluding hydrogens is 228 g/mol. The maximum absolute atomic E-state index is 12.5. The third-order valence-corrected chi connectivity index (χ3v) is 3.30. The lowest BCUT2D eigenvalue weighted by Crippen LogP contribution is -2.25. The average Bonchev–Trinajstić information content (AvgIpc) is 2.83. The number of nitrogens with zero attached hydrogens (tertiary/aromatic N) is 2. The van der Waals surface area contributed by atoms with Crippen LogP contribution in [0, 0.1) is 0 Å². The highest BCUT2D eigenvalue weighted by atomic mass is 16.5. The quantitative estimate of drug-likeness (QED) is 0.756. The first-order valence-electron chi connectivity index (χ1n) is 5.99. The second kappa shape index (κ2) is 4.38. The van der Waals surface area contributed by atoms with E-state index in [4.69, 9.17) is 4.74 Å². The summed E-state index contributed by atoms with van der Waals surface area (Å²) in [5.74, 6) is -0.0258. The number of carbonyl (C=O) groups excluding carboxylic acids is 1. The van der Waals surface area contributed by atoms with Gasteiger partial charge in [0.05, 0.1) is 6.61 Å². The number of aryl methyl sites for hydroxylation is 1. The minimum atomic E-state index is -0.495. The summed E-state index contributed by atoms with van der Waals surface area (Å²) in [5.41, 5.74) is 2.76. The van der Waals surface area contributed by atoms with Crippen LogP contribution in [0.1, 0.15) is 27.7 Å². The fourth-order valence-corrected chi connectivity index (χ4v) is 2.36. The molecule has 0 saturated heterocycles. The Labute approximate surface area is 105 Å². The van der Waals surface area contributed by atoms with Gasteiger partial charge in [0, 0.05) is 13.2 Å². The van der Waals surface area contributed by atoms with E-state index in [1.165, 1.54) is 5.56 Å². The maximum atomic E-state index is 12.5. The van der Waals surface area contributed by atoms with Crippen LogP contribution >= 0.6 is 0 Å². The molecular formula is C14H14N2O2. The molecule has 1 unspecified atom stereocenters. The number of hydrogen-bond donors (Lipinski definition) is 0. The van der Waals surface area contributed by atoms with E-state index in [-0.39, 0.29) is 5.78 Å². The van der Waals surface area contributed by atoms with Crippen molar-refractivity contribution in [1.82, 2.24) is 9.78 Å². The zero-order chi connectivity index (χ0) is 12.5. The molecule has 0 spiro atoms. The van der Waals surface area contributed by atoms with E-state index in [0.717, 1.165) is 12.0 Å². The fraction of sp³-hybridized carbons (Fsp3) is 0.286. The van der Waals surface area contributed by atoms with Crippen molar-refractivity contribution in [3.05, 3.63) is 53.3 Å². The van der Waals surface area contributed by atoms with Gasteiger partial charge >= 0.3 is 0 Å². The van der Waals surface area contributed by atoms with Crippen LogP contribution in [0.3, 0.4) is 0 Å². The minimum absolute atomic E-state index is 0.0258. The number of ether oxygens (including phenoxy) is 1. The SMILES string of the molecule is Cn1nccc1C(=O)C1OCCc2ccccc21. The predicted molar refractivity (Wildman–Crippen MR) is 66.4 cm³/mol. The van der Waals surface area contributed by atoms with E-state index >= 15 is 0 Å². The summed E-state index contributed by atoms with van der Waals surface area (Å²) in [5, 5.41) is 4.03. The molecule has 0 saturated carbocycles. The molecule has 18 heavy (non-hydrogen) atoms. The van der Waals surface area contributed by atoms with Crippen molar-refractivity contribution in [2.75, 3.05) is 6.61 Å². The smallest absolute Gasteiger partial charge is 0.214 e. The van der Waals surface area contributed by atoms with Crippen LogP contribution in [-0.4, -0.2) is 22.2 Å². The van der Waals surface area contributed by atoms with Crippen molar-refractivity contribution in [1.29, 1.82) is 0 Å². The Bertz CT molecular complexity index is 589. The highest BCUT2D eigenvalue weighted by Crippen LogP contribution is 2.29. The number of hydrogen-bond acceptors (Lipinski definition) is 3. The van der Waals surface area contributed by atoms with Crippen LogP contribution in [0.4, 0.5) is 0 Å². The number of benzene rings is 1. The Morgan fingerprint density at radius 1 is 1.39 bits per heavy atom. The lowest BCUT2D eigenvalue weighted by Gasteiger charge is -2.24. The highest BCUT2D eigenvalue weighted by Gasteiger charge is 2.29. The van der Waals surface area contributed by atoms with Gasteiger partial charge in [-0.15, -0.1) is 0 Å². The van der Waals surface area contributed by atoms with Crippen molar-refractivity contribution in [2.45, 2.75) is 12.5 Å². The standard InChI is InChI=1S/C14H14N2O2/c1-16-12(6-8-15-16)13(17)14-11-5-3-2-4-10(11)7-9-18-14/h2-6,8,14H,7,9H2,1H3. The molecule has 2 aromatic rings. The van der Waals surface area contributed by atoms with Gasteiger partial charge < -0.3 is 4.74 Å². The van der Waals surface area contributed by atoms with E-state index in [9.17, 15) is 4.79 Å². The van der Waals surface area contributed by atoms with Gasteiger partial charge in [0.25, 0.3) is 0 Å². The number of Topliss-reactive ketones (excluding diaryl/α,β-unsaturated/α-hetero) is 1. The Kier molecular flexibility index (Phi) is 2.72. The molecule has 0 bridgehead atoms. The lowest BCUT2D eigenvalue weighted by molar-refractivity contribution is 0.0341. The molecule has 4 heteroatoms. The minimum Gasteiger partial charge on any atom is -0.365 e. The second-order valence-electron chi connectivity index (χ2n) is 4.40. The Morgan fingerprint density at radius 3 is 3.00 bits per heavy atom. The Balaban J connectivity index is 2.00. The third kappa shape index (κ3) is 1.75. The van der Waals surface area contributed by atoms with Gasteiger partial charge in [-0.1, -0.05) is 24.3 Å². The number of rotatable bonds is 2. The molecule has 0 radical (unpaired) electrons. The number of carbonyl (C=O) groups is 1. The van der Waals surface area contributed by atoms with Gasteiger partial charge in [-0.25, -0.2) is 0 Å². The van der Waals surface area contributed by atoms with Gasteiger partial charge in [-0.05, 0) is 23.6 Å². The molecule has 1 aliphatic rings. The number of fused-ring (bicyclic) bond motifs is 1. The van der Waals surface area contributed by atoms with Crippen molar-refractivity contribution >= 4 is 5.78 Å². The summed E-state index contributed by atoms with van der Waals surface area (Å²) in [6.45, 7) is 0.589. The van der Waals surface area contributed by atoms with Crippen LogP contribution in [0.25, 0.3) is 0 Å². The number of aromatic nitrogens is 2. The first-order chi connectivity index (χ1) is 8.77. The van der Waals surface area contributed by atoms with Crippen molar-refractivity contribution in [3.63, 3.8) is 0 Å². The lowest BCUT2D eigenvalue weighted by atomic mass is 9.94. The molecule has 1 aromatic carbocycles. The van der Waals surface area contributed by atoms with Crippen LogP contribution in [-0.2, 0) is 18.2 Å². The summed E-state index contributed by atoms with van der Waals surface area (Å²) >= 11 is 0. The van der Waals surface area contributed by atoms with Gasteiger partial charge in [0.2, 0.25) is 5.78 Å². The molecule has 1 atom stereocenters. The molecule has 0 aliphatic carbocycles. The highest BCUT2D eigenvalue weighted by molar-refractivity contribution is 5.98. The molecule has 3 rings (SSSR count). The third-order valence-electron chi connectivity index (χ3n) is 3.30. The molecule has 4 nitrogen and oxygen atoms in total. The second-order valence-corrected chi connectivity index (χ2v) is 4.40. The molecule has 2 heterocycles. The summed E-state index contributed by atoms with van der Waals surface area (Å²) in [4.78, 5) is 12.5. The summed E-state index contributed by atoms with van der Waals surface area (Å²) < 4.78 is 7.24. The van der Waals surface area contributed by atoms with Crippen molar-refractivity contribution in [3.8, 4) is 0 Å². The van der Waals surface area contributed by atoms with Gasteiger partial charge in [0.15, 0.2) is 0 Å². The van der Waals surface area contributed by atoms with E-state index < -0.39 is 6.10 Å². The first-order valence-corrected chi connectivity index (χ1v) is 5.99. The van der Waals surface area contributed by atoms with Crippen LogP contribution in [0.2, 0.25) is 0 Å². The van der Waals surface area contributed by atoms with Gasteiger partial charge in [-0.2, -0.15) is 5.10 Å². The van der Waals surface area contributed by atoms with Crippen LogP contribution < -0.4 is 0 Å². The van der Waals surface area contributed by atoms with E-state index in [2.05, 4.69) is 11.2 Å². The zero-order valence-electron chi connectivity index (χ0n) is 10.2. The van der Waals surface area contributed by atoms with Crippen molar-refractivity contribution in [2.24, 2.45) is 7.05 Å². The molecule has 0 fully saturated rings. The predicted octanol–water partition coefficient (Wildman–Crippen LogP) is 1.92. The van der Waals surface area contributed by atoms with E-state index in [0.29, 0.717) is 12.3 Å². The molecule has 1 aliphatic heterocycles. The van der Waals surface area contributed by atoms with E-state index in [1.807, 2.05) is 18.2 Å². The monoisotopic (exact) mass is 242 g/mol. The van der Waals surface area contributed by atoms with Crippen LogP contribution in [0.15, 0.2) is 36.5 Å². The topological polar surface area (TPSA) is 44.1 Å². The number of ketones is 1. The van der Waals surface area contributed by atoms with E-state index in [1.54, 1.807) is 24.0 Å². The Morgan fingerprint density at radius 2 is 2.22 bits per heavy atom. The molecule has 1 aromatic heterocycles. The van der Waals surface area contributed by atoms with Crippen molar-refractivity contribution < 1.29 is 9.53 Å². The summed E-state index contributed by atoms with van der Waals surface area (Å²) in [6.07, 6.45) is 2.00. The molecule has 0 amide bonds. The van der Waals surface area contributed by atoms with Gasteiger partial charge in [-0.3, -0.25) is 9.48 Å². The first kappa shape index (κ1) is 11.2. The van der Waals surface area contributed by atoms with Crippen LogP contribution in [0.5, 0.6) is 0 Å². The Hall–Kier alpha value is -1.94. The maximum Gasteiger partial charge on any atom is 0.214 e. The summed E-state index contributed by atoms with van der Waals surface area (Å²) in [7, 11) is 1.77. The fourth-order valence-electron chi connectivity index (χ4n) is 2.36. The van der Waals surface area contributed by atoms with Gasteiger partial charge in [0.1, 0.15) is 11.8 Å². The average molecular weight is 242 g/mol. The molecule has 0 N–H and O–H groups in total. The normalized spacial score (nSPS) is 18.4. The largest absolute Gasteiger partial charge is 0.365 e. The molecule has 92 valence electrons. The zero-order valence-corrected chi connectivity index (χ0v) is 10.2.